The lowest BCUT2D eigenvalue weighted by molar-refractivity contribution is 0.0435. The minimum Gasteiger partial charge on any atom is -0.254 e. The van der Waals surface area contributed by atoms with E-state index in [2.05, 4.69) is 5.53 Å². The fraction of sp³-hybridized carbons (Fsp3) is 0.667. The maximum atomic E-state index is 5.77. The summed E-state index contributed by atoms with van der Waals surface area (Å²) in [7, 11) is 0. The molecule has 0 bridgehead atoms. The molecule has 12 heteroatoms. The highest BCUT2D eigenvalue weighted by Crippen LogP contribution is 2.42. The zero-order valence-corrected chi connectivity index (χ0v) is 14.9. The Morgan fingerprint density at radius 2 is 1.39 bits per heavy atom. The molecule has 0 aromatic heterocycles. The van der Waals surface area contributed by atoms with E-state index in [9.17, 15) is 0 Å². The summed E-state index contributed by atoms with van der Waals surface area (Å²) in [5.74, 6) is 0. The van der Waals surface area contributed by atoms with Gasteiger partial charge >= 0.3 is 0 Å². The fourth-order valence-corrected chi connectivity index (χ4v) is 1.88. The Morgan fingerprint density at radius 3 is 1.72 bits per heavy atom. The van der Waals surface area contributed by atoms with Crippen molar-refractivity contribution in [3.8, 4) is 0 Å². The molecule has 1 N–H and O–H groups in total. The van der Waals surface area contributed by atoms with E-state index in [1.54, 1.807) is 0 Å². The number of nitrogens with zero attached hydrogens (tertiary/aromatic N) is 2. The van der Waals surface area contributed by atoms with E-state index in [0.717, 1.165) is 10.0 Å². The van der Waals surface area contributed by atoms with Crippen LogP contribution in [-0.4, -0.2) is 28.2 Å². The molecule has 0 saturated heterocycles. The predicted molar refractivity (Wildman–Crippen MR) is 80.6 cm³/mol. The summed E-state index contributed by atoms with van der Waals surface area (Å²) in [5.41, 5.74) is 2.81. The summed E-state index contributed by atoms with van der Waals surface area (Å²) in [5, 5.41) is 2.12. The van der Waals surface area contributed by atoms with Gasteiger partial charge < -0.3 is 0 Å². The van der Waals surface area contributed by atoms with Gasteiger partial charge in [0.25, 0.3) is 7.83 Å². The lowest BCUT2D eigenvalue weighted by atomic mass is 10.3. The maximum Gasteiger partial charge on any atom is 0.282 e. The van der Waals surface area contributed by atoms with Gasteiger partial charge in [-0.15, -0.1) is 0 Å². The van der Waals surface area contributed by atoms with Crippen molar-refractivity contribution in [2.45, 2.75) is 11.6 Å². The summed E-state index contributed by atoms with van der Waals surface area (Å²) >= 11 is 51.6. The summed E-state index contributed by atoms with van der Waals surface area (Å²) in [6.07, 6.45) is 1.31. The molecule has 0 aromatic carbocycles. The predicted octanol–water partition coefficient (Wildman–Crippen LogP) is 4.93. The minimum atomic E-state index is -1.87. The van der Waals surface area contributed by atoms with Crippen LogP contribution in [0.5, 0.6) is 0 Å². The Morgan fingerprint density at radius 1 is 0.889 bits per heavy atom. The van der Waals surface area contributed by atoms with Crippen LogP contribution in [0.1, 0.15) is 0 Å². The molecule has 0 amide bonds. The van der Waals surface area contributed by atoms with Crippen molar-refractivity contribution in [3.63, 3.8) is 0 Å². The van der Waals surface area contributed by atoms with Crippen LogP contribution in [0.4, 0.5) is 0 Å². The number of hydrogen-bond acceptors (Lipinski definition) is 3. The van der Waals surface area contributed by atoms with Crippen molar-refractivity contribution in [1.29, 1.82) is 0 Å². The second-order valence-electron chi connectivity index (χ2n) is 3.14. The van der Waals surface area contributed by atoms with Gasteiger partial charge in [0.05, 0.1) is 0 Å². The molecule has 0 aromatic rings. The second kappa shape index (κ2) is 6.05. The number of rotatable bonds is 0. The third kappa shape index (κ3) is 5.12. The normalized spacial score (nSPS) is 20.1. The number of halogens is 9. The number of hydrazine groups is 2. The van der Waals surface area contributed by atoms with E-state index >= 15 is 0 Å². The monoisotopic (exact) mass is 433 g/mol. The number of hydrogen-bond donors (Lipinski definition) is 1. The SMILES string of the molecule is ClC(Cl)(Cl)C1=CN(C(Cl)(Cl)Cl)NN(C(Cl)(Cl)Cl)C1. The zero-order chi connectivity index (χ0) is 14.4. The van der Waals surface area contributed by atoms with Gasteiger partial charge in [-0.05, 0) is 0 Å². The van der Waals surface area contributed by atoms with Crippen LogP contribution >= 0.6 is 104 Å². The molecule has 1 aliphatic rings. The largest absolute Gasteiger partial charge is 0.282 e. The molecular weight excluding hydrogens is 433 g/mol. The standard InChI is InChI=1S/C6H4Cl9N3/c7-4(8,9)3-1-17(5(10,11)12)16-18(2-3)6(13,14)15/h1,16H,2H2. The highest BCUT2D eigenvalue weighted by atomic mass is 35.6. The molecule has 3 nitrogen and oxygen atoms in total. The van der Waals surface area contributed by atoms with Crippen LogP contribution in [0.3, 0.4) is 0 Å². The Labute approximate surface area is 149 Å². The van der Waals surface area contributed by atoms with Gasteiger partial charge in [0, 0.05) is 18.3 Å². The number of alkyl halides is 9. The second-order valence-corrected chi connectivity index (χ2v) is 9.87. The number of nitrogens with one attached hydrogen (secondary N) is 1. The van der Waals surface area contributed by atoms with E-state index in [0.29, 0.717) is 0 Å². The molecule has 0 unspecified atom stereocenters. The van der Waals surface area contributed by atoms with Crippen LogP contribution in [-0.2, 0) is 0 Å². The first-order chi connectivity index (χ1) is 7.82. The minimum absolute atomic E-state index is 0.00421. The molecule has 0 spiro atoms. The van der Waals surface area contributed by atoms with Crippen molar-refractivity contribution >= 4 is 104 Å². The van der Waals surface area contributed by atoms with Crippen LogP contribution in [0, 0.1) is 0 Å². The van der Waals surface area contributed by atoms with Gasteiger partial charge in [-0.1, -0.05) is 104 Å². The molecule has 1 heterocycles. The fourth-order valence-electron chi connectivity index (χ4n) is 1.00. The Bertz CT molecular complexity index is 338. The summed E-state index contributed by atoms with van der Waals surface area (Å²) < 4.78 is -5.43. The van der Waals surface area contributed by atoms with Crippen LogP contribution < -0.4 is 5.53 Å². The molecule has 0 atom stereocenters. The van der Waals surface area contributed by atoms with Crippen LogP contribution in [0.15, 0.2) is 11.8 Å². The summed E-state index contributed by atoms with van der Waals surface area (Å²) in [6, 6.07) is 0. The van der Waals surface area contributed by atoms with E-state index in [-0.39, 0.29) is 12.1 Å². The Hall–Kier alpha value is 2.07. The average Bonchev–Trinajstić information content (AvgIpc) is 2.13. The van der Waals surface area contributed by atoms with Gasteiger partial charge in [0.1, 0.15) is 0 Å². The van der Waals surface area contributed by atoms with Gasteiger partial charge in [-0.3, -0.25) is 5.01 Å². The first-order valence-corrected chi connectivity index (χ1v) is 7.46. The van der Waals surface area contributed by atoms with Crippen molar-refractivity contribution in [1.82, 2.24) is 15.6 Å². The van der Waals surface area contributed by atoms with E-state index in [1.807, 2.05) is 0 Å². The third-order valence-electron chi connectivity index (χ3n) is 1.79. The highest BCUT2D eigenvalue weighted by Gasteiger charge is 2.42. The molecule has 106 valence electrons. The molecular formula is C6H4Cl9N3. The molecule has 1 aliphatic heterocycles. The van der Waals surface area contributed by atoms with Crippen LogP contribution in [0.25, 0.3) is 0 Å². The Kier molecular flexibility index (Phi) is 6.09. The van der Waals surface area contributed by atoms with E-state index in [1.165, 1.54) is 6.20 Å². The van der Waals surface area contributed by atoms with E-state index < -0.39 is 11.6 Å². The average molecular weight is 437 g/mol. The van der Waals surface area contributed by atoms with Crippen molar-refractivity contribution in [2.24, 2.45) is 0 Å². The molecule has 1 rings (SSSR count). The van der Waals surface area contributed by atoms with E-state index in [4.69, 9.17) is 104 Å². The quantitative estimate of drug-likeness (QED) is 0.428. The van der Waals surface area contributed by atoms with Crippen molar-refractivity contribution in [2.75, 3.05) is 6.54 Å². The van der Waals surface area contributed by atoms with Gasteiger partial charge in [-0.2, -0.15) is 10.5 Å². The smallest absolute Gasteiger partial charge is 0.254 e. The lowest BCUT2D eigenvalue weighted by Gasteiger charge is -2.42. The van der Waals surface area contributed by atoms with Gasteiger partial charge in [0.2, 0.25) is 3.79 Å². The third-order valence-corrected chi connectivity index (χ3v) is 3.67. The molecule has 0 aliphatic carbocycles. The van der Waals surface area contributed by atoms with Gasteiger partial charge in [0.15, 0.2) is 0 Å². The Balaban J connectivity index is 3.08. The van der Waals surface area contributed by atoms with Crippen molar-refractivity contribution in [3.05, 3.63) is 11.8 Å². The maximum absolute atomic E-state index is 5.77. The summed E-state index contributed by atoms with van der Waals surface area (Å²) in [4.78, 5) is 0. The topological polar surface area (TPSA) is 18.5 Å². The first kappa shape index (κ1) is 18.1. The highest BCUT2D eigenvalue weighted by molar-refractivity contribution is 6.70. The molecule has 0 fully saturated rings. The zero-order valence-electron chi connectivity index (χ0n) is 8.08. The summed E-state index contributed by atoms with van der Waals surface area (Å²) in [6.45, 7) is 0.00421. The first-order valence-electron chi connectivity index (χ1n) is 4.06. The van der Waals surface area contributed by atoms with Crippen LogP contribution in [0.2, 0.25) is 0 Å². The molecule has 0 saturated carbocycles. The molecule has 0 radical (unpaired) electrons. The van der Waals surface area contributed by atoms with Crippen molar-refractivity contribution < 1.29 is 0 Å². The van der Waals surface area contributed by atoms with Gasteiger partial charge in [-0.25, -0.2) is 0 Å². The lowest BCUT2D eigenvalue weighted by Crippen LogP contribution is -2.60. The molecule has 18 heavy (non-hydrogen) atoms.